The van der Waals surface area contributed by atoms with Crippen molar-refractivity contribution < 1.29 is 20.4 Å². The third-order valence-electron chi connectivity index (χ3n) is 3.05. The van der Waals surface area contributed by atoms with E-state index >= 15 is 0 Å². The van der Waals surface area contributed by atoms with E-state index < -0.39 is 38.6 Å². The minimum Gasteiger partial charge on any atom is -0.506 e. The lowest BCUT2D eigenvalue weighted by molar-refractivity contribution is 0.443. The summed E-state index contributed by atoms with van der Waals surface area (Å²) < 4.78 is -0.539. The Bertz CT molecular complexity index is 757. The van der Waals surface area contributed by atoms with Crippen LogP contribution >= 0.6 is 69.6 Å². The van der Waals surface area contributed by atoms with Crippen LogP contribution in [0.5, 0.6) is 23.0 Å². The molecule has 4 nitrogen and oxygen atoms in total. The largest absolute Gasteiger partial charge is 0.506 e. The van der Waals surface area contributed by atoms with Crippen molar-refractivity contribution in [2.45, 2.75) is 0 Å². The first-order chi connectivity index (χ1) is 11.1. The molecule has 24 heavy (non-hydrogen) atoms. The molecule has 0 amide bonds. The quantitative estimate of drug-likeness (QED) is 0.431. The number of phenols is 4. The van der Waals surface area contributed by atoms with Crippen LogP contribution in [0.15, 0.2) is 16.6 Å². The maximum absolute atomic E-state index is 10.2. The minimum absolute atomic E-state index is 0.230. The number of phenolic OH excluding ortho intramolecular Hbond substituents is 4. The second-order valence-electron chi connectivity index (χ2n) is 4.46. The molecule has 2 aromatic rings. The second kappa shape index (κ2) is 7.16. The first-order valence-corrected chi connectivity index (χ1v) is 8.20. The van der Waals surface area contributed by atoms with Gasteiger partial charge in [0.05, 0.1) is 31.2 Å². The Hall–Kier alpha value is -0.880. The molecule has 0 heterocycles. The molecule has 0 atom stereocenters. The van der Waals surface area contributed by atoms with Crippen LogP contribution < -0.4 is 0 Å². The third-order valence-corrected chi connectivity index (χ3v) is 4.58. The number of benzene rings is 2. The van der Waals surface area contributed by atoms with Gasteiger partial charge in [0.25, 0.3) is 0 Å². The van der Waals surface area contributed by atoms with Crippen molar-refractivity contribution >= 4 is 75.2 Å². The fourth-order valence-electron chi connectivity index (χ4n) is 1.99. The SMILES string of the molecule is Oc1c(Cl)cc(Cl)c(O)c1C(=C(Cl)Cl)c1c(O)c(Cl)cc(Cl)c1O. The number of halogens is 6. The van der Waals surface area contributed by atoms with Crippen LogP contribution in [0.2, 0.25) is 20.1 Å². The van der Waals surface area contributed by atoms with Crippen LogP contribution in [0.4, 0.5) is 0 Å². The standard InChI is InChI=1S/C14H6Cl6O4/c15-3-1-4(16)11(22)8(10(3)21)7(14(19)20)9-12(23)5(17)2-6(18)13(9)24/h1-2,21-24H. The highest BCUT2D eigenvalue weighted by Crippen LogP contribution is 2.53. The third kappa shape index (κ3) is 3.27. The molecule has 2 rings (SSSR count). The molecule has 0 aromatic heterocycles. The lowest BCUT2D eigenvalue weighted by atomic mass is 9.96. The summed E-state index contributed by atoms with van der Waals surface area (Å²) in [6.45, 7) is 0. The van der Waals surface area contributed by atoms with E-state index in [0.717, 1.165) is 12.1 Å². The van der Waals surface area contributed by atoms with Crippen LogP contribution in [-0.2, 0) is 0 Å². The Kier molecular flexibility index (Phi) is 5.80. The molecule has 10 heteroatoms. The summed E-state index contributed by atoms with van der Waals surface area (Å²) in [4.78, 5) is 0. The van der Waals surface area contributed by atoms with Crippen molar-refractivity contribution in [2.75, 3.05) is 0 Å². The molecule has 0 bridgehead atoms. The van der Waals surface area contributed by atoms with Crippen molar-refractivity contribution in [2.24, 2.45) is 0 Å². The van der Waals surface area contributed by atoms with Gasteiger partial charge in [-0.3, -0.25) is 0 Å². The molecule has 0 aliphatic carbocycles. The predicted molar refractivity (Wildman–Crippen MR) is 97.3 cm³/mol. The summed E-state index contributed by atoms with van der Waals surface area (Å²) in [5, 5.41) is 39.8. The van der Waals surface area contributed by atoms with Crippen LogP contribution in [-0.4, -0.2) is 20.4 Å². The minimum atomic E-state index is -0.637. The highest BCUT2D eigenvalue weighted by molar-refractivity contribution is 6.59. The number of hydrogen-bond acceptors (Lipinski definition) is 4. The zero-order chi connectivity index (χ0) is 18.3. The van der Waals surface area contributed by atoms with Crippen LogP contribution in [0.1, 0.15) is 11.1 Å². The van der Waals surface area contributed by atoms with E-state index in [1.54, 1.807) is 0 Å². The van der Waals surface area contributed by atoms with Crippen LogP contribution in [0.25, 0.3) is 5.57 Å². The summed E-state index contributed by atoms with van der Waals surface area (Å²) in [6, 6.07) is 2.17. The normalized spacial score (nSPS) is 10.8. The number of hydrogen-bond donors (Lipinski definition) is 4. The second-order valence-corrected chi connectivity index (χ2v) is 7.04. The molecule has 2 aromatic carbocycles. The average Bonchev–Trinajstić information content (AvgIpc) is 2.49. The van der Waals surface area contributed by atoms with Crippen LogP contribution in [0.3, 0.4) is 0 Å². The van der Waals surface area contributed by atoms with Gasteiger partial charge in [0.2, 0.25) is 0 Å². The van der Waals surface area contributed by atoms with E-state index in [1.165, 1.54) is 0 Å². The van der Waals surface area contributed by atoms with E-state index in [1.807, 2.05) is 0 Å². The van der Waals surface area contributed by atoms with Gasteiger partial charge in [-0.25, -0.2) is 0 Å². The highest BCUT2D eigenvalue weighted by atomic mass is 35.5. The molecule has 0 saturated heterocycles. The summed E-state index contributed by atoms with van der Waals surface area (Å²) in [7, 11) is 0. The molecule has 0 aliphatic heterocycles. The Labute approximate surface area is 166 Å². The summed E-state index contributed by atoms with van der Waals surface area (Å²) in [5.41, 5.74) is -1.22. The topological polar surface area (TPSA) is 80.9 Å². The molecular formula is C14H6Cl6O4. The summed E-state index contributed by atoms with van der Waals surface area (Å²) >= 11 is 35.0. The lowest BCUT2D eigenvalue weighted by Gasteiger charge is -2.17. The van der Waals surface area contributed by atoms with Gasteiger partial charge in [-0.05, 0) is 12.1 Å². The molecule has 128 valence electrons. The zero-order valence-corrected chi connectivity index (χ0v) is 15.7. The van der Waals surface area contributed by atoms with E-state index in [0.29, 0.717) is 0 Å². The van der Waals surface area contributed by atoms with Gasteiger partial charge < -0.3 is 20.4 Å². The average molecular weight is 451 g/mol. The summed E-state index contributed by atoms with van der Waals surface area (Å²) in [5.74, 6) is -2.55. The van der Waals surface area contributed by atoms with Gasteiger partial charge >= 0.3 is 0 Å². The van der Waals surface area contributed by atoms with Gasteiger partial charge in [0, 0.05) is 5.57 Å². The number of rotatable bonds is 2. The molecule has 0 spiro atoms. The predicted octanol–water partition coefficient (Wildman–Crippen LogP) is 6.32. The molecule has 4 N–H and O–H groups in total. The van der Waals surface area contributed by atoms with E-state index in [4.69, 9.17) is 69.6 Å². The molecule has 0 radical (unpaired) electrons. The Morgan fingerprint density at radius 2 is 0.833 bits per heavy atom. The molecule has 0 unspecified atom stereocenters. The summed E-state index contributed by atoms with van der Waals surface area (Å²) in [6.07, 6.45) is 0. The Morgan fingerprint density at radius 3 is 1.04 bits per heavy atom. The van der Waals surface area contributed by atoms with Gasteiger partial charge in [0.1, 0.15) is 27.5 Å². The first kappa shape index (κ1) is 19.4. The van der Waals surface area contributed by atoms with Gasteiger partial charge in [-0.15, -0.1) is 0 Å². The van der Waals surface area contributed by atoms with Gasteiger partial charge in [-0.1, -0.05) is 69.6 Å². The van der Waals surface area contributed by atoms with E-state index in [-0.39, 0.29) is 25.7 Å². The van der Waals surface area contributed by atoms with Crippen molar-refractivity contribution in [1.82, 2.24) is 0 Å². The van der Waals surface area contributed by atoms with E-state index in [9.17, 15) is 20.4 Å². The van der Waals surface area contributed by atoms with Crippen LogP contribution in [0, 0.1) is 0 Å². The Morgan fingerprint density at radius 1 is 0.583 bits per heavy atom. The molecule has 0 saturated carbocycles. The fraction of sp³-hybridized carbons (Fsp3) is 0. The Balaban J connectivity index is 3.00. The monoisotopic (exact) mass is 448 g/mol. The maximum atomic E-state index is 10.2. The van der Waals surface area contributed by atoms with Crippen molar-refractivity contribution in [1.29, 1.82) is 0 Å². The molecule has 0 fully saturated rings. The number of aromatic hydroxyl groups is 4. The molecule has 0 aliphatic rings. The van der Waals surface area contributed by atoms with Gasteiger partial charge in [0.15, 0.2) is 0 Å². The van der Waals surface area contributed by atoms with E-state index in [2.05, 4.69) is 0 Å². The van der Waals surface area contributed by atoms with Crippen molar-refractivity contribution in [3.05, 3.63) is 47.8 Å². The smallest absolute Gasteiger partial charge is 0.145 e. The van der Waals surface area contributed by atoms with Gasteiger partial charge in [-0.2, -0.15) is 0 Å². The fourth-order valence-corrected chi connectivity index (χ4v) is 3.29. The zero-order valence-electron chi connectivity index (χ0n) is 11.2. The van der Waals surface area contributed by atoms with Crippen molar-refractivity contribution in [3.8, 4) is 23.0 Å². The molecular weight excluding hydrogens is 445 g/mol. The lowest BCUT2D eigenvalue weighted by Crippen LogP contribution is -1.95. The maximum Gasteiger partial charge on any atom is 0.145 e. The highest BCUT2D eigenvalue weighted by Gasteiger charge is 2.28. The van der Waals surface area contributed by atoms with Crippen molar-refractivity contribution in [3.63, 3.8) is 0 Å². The first-order valence-electron chi connectivity index (χ1n) is 5.93.